The lowest BCUT2D eigenvalue weighted by Crippen LogP contribution is -2.38. The summed E-state index contributed by atoms with van der Waals surface area (Å²) in [5, 5.41) is 0.687. The van der Waals surface area contributed by atoms with Gasteiger partial charge in [-0.2, -0.15) is 0 Å². The lowest BCUT2D eigenvalue weighted by atomic mass is 9.81. The molecule has 0 N–H and O–H groups in total. The predicted octanol–water partition coefficient (Wildman–Crippen LogP) is 3.47. The Bertz CT molecular complexity index is 629. The van der Waals surface area contributed by atoms with Gasteiger partial charge in [-0.25, -0.2) is 0 Å². The Labute approximate surface area is 143 Å². The molecule has 1 aromatic rings. The van der Waals surface area contributed by atoms with Gasteiger partial charge in [-0.1, -0.05) is 38.4 Å². The van der Waals surface area contributed by atoms with Crippen molar-refractivity contribution in [1.29, 1.82) is 0 Å². The highest BCUT2D eigenvalue weighted by atomic mass is 35.5. The molecule has 5 heteroatoms. The average molecular weight is 337 g/mol. The monoisotopic (exact) mass is 336 g/mol. The Balaban J connectivity index is 2.26. The molecule has 2 rings (SSSR count). The number of carbonyl (C=O) groups excluding carboxylic acids is 2. The molecule has 1 atom stereocenters. The molecule has 0 saturated carbocycles. The summed E-state index contributed by atoms with van der Waals surface area (Å²) in [5.74, 6) is 0.138. The third-order valence-corrected chi connectivity index (χ3v) is 4.96. The van der Waals surface area contributed by atoms with Crippen molar-refractivity contribution < 1.29 is 9.59 Å². The average Bonchev–Trinajstić information content (AvgIpc) is 2.79. The second-order valence-corrected chi connectivity index (χ2v) is 7.37. The van der Waals surface area contributed by atoms with Crippen LogP contribution in [0.3, 0.4) is 0 Å². The molecule has 2 amide bonds. The van der Waals surface area contributed by atoms with Crippen molar-refractivity contribution in [2.45, 2.75) is 39.5 Å². The van der Waals surface area contributed by atoms with Crippen LogP contribution in [0.1, 0.15) is 39.7 Å². The number of rotatable bonds is 4. The van der Waals surface area contributed by atoms with Crippen molar-refractivity contribution in [3.8, 4) is 0 Å². The number of hydrogen-bond acceptors (Lipinski definition) is 2. The predicted molar refractivity (Wildman–Crippen MR) is 93.9 cm³/mol. The molecule has 1 aromatic carbocycles. The van der Waals surface area contributed by atoms with Gasteiger partial charge < -0.3 is 9.80 Å². The zero-order chi connectivity index (χ0) is 17.4. The molecule has 0 aliphatic carbocycles. The van der Waals surface area contributed by atoms with E-state index in [2.05, 4.69) is 6.92 Å². The van der Waals surface area contributed by atoms with Crippen molar-refractivity contribution in [3.05, 3.63) is 28.8 Å². The first-order valence-corrected chi connectivity index (χ1v) is 8.37. The number of carbonyl (C=O) groups is 2. The Hall–Kier alpha value is -1.55. The number of anilines is 1. The molecule has 0 bridgehead atoms. The molecule has 0 radical (unpaired) electrons. The summed E-state index contributed by atoms with van der Waals surface area (Å²) in [6.45, 7) is 8.74. The minimum Gasteiger partial charge on any atom is -0.346 e. The molecule has 0 spiro atoms. The maximum Gasteiger partial charge on any atom is 0.224 e. The first kappa shape index (κ1) is 17.8. The SMILES string of the molecule is CC(=O)N1CC(C)(CCN(C)C(=O)C(C)C)c2c(Cl)cccc21. The van der Waals surface area contributed by atoms with Crippen LogP contribution in [-0.4, -0.2) is 36.9 Å². The molecule has 23 heavy (non-hydrogen) atoms. The summed E-state index contributed by atoms with van der Waals surface area (Å²) in [6.07, 6.45) is 0.766. The summed E-state index contributed by atoms with van der Waals surface area (Å²) in [7, 11) is 1.83. The van der Waals surface area contributed by atoms with Gasteiger partial charge in [0.05, 0.1) is 0 Å². The van der Waals surface area contributed by atoms with Gasteiger partial charge in [0.15, 0.2) is 0 Å². The molecule has 0 fully saturated rings. The van der Waals surface area contributed by atoms with E-state index in [-0.39, 0.29) is 23.1 Å². The van der Waals surface area contributed by atoms with Gasteiger partial charge in [0, 0.05) is 54.7 Å². The lowest BCUT2D eigenvalue weighted by molar-refractivity contribution is -0.133. The Kier molecular flexibility index (Phi) is 5.04. The number of hydrogen-bond donors (Lipinski definition) is 0. The van der Waals surface area contributed by atoms with E-state index in [1.807, 2.05) is 39.1 Å². The molecule has 1 unspecified atom stereocenters. The number of amides is 2. The molecule has 4 nitrogen and oxygen atoms in total. The van der Waals surface area contributed by atoms with Crippen LogP contribution < -0.4 is 4.90 Å². The van der Waals surface area contributed by atoms with E-state index in [0.717, 1.165) is 17.7 Å². The summed E-state index contributed by atoms with van der Waals surface area (Å²) in [5.41, 5.74) is 1.66. The van der Waals surface area contributed by atoms with Crippen LogP contribution in [-0.2, 0) is 15.0 Å². The van der Waals surface area contributed by atoms with Crippen LogP contribution >= 0.6 is 11.6 Å². The van der Waals surface area contributed by atoms with E-state index in [0.29, 0.717) is 18.1 Å². The number of halogens is 1. The minimum absolute atomic E-state index is 0.0130. The highest BCUT2D eigenvalue weighted by Gasteiger charge is 2.42. The van der Waals surface area contributed by atoms with Gasteiger partial charge in [-0.15, -0.1) is 0 Å². The molecular formula is C18H25ClN2O2. The highest BCUT2D eigenvalue weighted by Crippen LogP contribution is 2.46. The fraction of sp³-hybridized carbons (Fsp3) is 0.556. The Morgan fingerprint density at radius 3 is 2.61 bits per heavy atom. The van der Waals surface area contributed by atoms with E-state index < -0.39 is 0 Å². The molecular weight excluding hydrogens is 312 g/mol. The van der Waals surface area contributed by atoms with E-state index in [1.165, 1.54) is 0 Å². The van der Waals surface area contributed by atoms with Crippen LogP contribution in [0.4, 0.5) is 5.69 Å². The first-order chi connectivity index (χ1) is 10.7. The molecule has 0 aromatic heterocycles. The molecule has 126 valence electrons. The zero-order valence-corrected chi connectivity index (χ0v) is 15.3. The number of nitrogens with zero attached hydrogens (tertiary/aromatic N) is 2. The van der Waals surface area contributed by atoms with Crippen molar-refractivity contribution in [3.63, 3.8) is 0 Å². The smallest absolute Gasteiger partial charge is 0.224 e. The van der Waals surface area contributed by atoms with Gasteiger partial charge in [-0.3, -0.25) is 9.59 Å². The van der Waals surface area contributed by atoms with Gasteiger partial charge in [0.1, 0.15) is 0 Å². The van der Waals surface area contributed by atoms with E-state index in [4.69, 9.17) is 11.6 Å². The number of fused-ring (bicyclic) bond motifs is 1. The molecule has 1 aliphatic heterocycles. The van der Waals surface area contributed by atoms with Crippen molar-refractivity contribution in [1.82, 2.24) is 4.90 Å². The van der Waals surface area contributed by atoms with Gasteiger partial charge in [0.2, 0.25) is 11.8 Å². The first-order valence-electron chi connectivity index (χ1n) is 7.99. The molecule has 1 aliphatic rings. The molecule has 0 saturated heterocycles. The third kappa shape index (κ3) is 3.37. The topological polar surface area (TPSA) is 40.6 Å². The van der Waals surface area contributed by atoms with Crippen LogP contribution in [0.2, 0.25) is 5.02 Å². The van der Waals surface area contributed by atoms with E-state index in [1.54, 1.807) is 16.7 Å². The summed E-state index contributed by atoms with van der Waals surface area (Å²) in [6, 6.07) is 5.68. The van der Waals surface area contributed by atoms with Crippen LogP contribution in [0.5, 0.6) is 0 Å². The van der Waals surface area contributed by atoms with Crippen molar-refractivity contribution in [2.24, 2.45) is 5.92 Å². The Morgan fingerprint density at radius 1 is 1.39 bits per heavy atom. The zero-order valence-electron chi connectivity index (χ0n) is 14.5. The number of benzene rings is 1. The minimum atomic E-state index is -0.245. The van der Waals surface area contributed by atoms with Crippen molar-refractivity contribution >= 4 is 29.1 Å². The maximum absolute atomic E-state index is 12.1. The normalized spacial score (nSPS) is 19.9. The summed E-state index contributed by atoms with van der Waals surface area (Å²) < 4.78 is 0. The quantitative estimate of drug-likeness (QED) is 0.844. The van der Waals surface area contributed by atoms with E-state index >= 15 is 0 Å². The summed E-state index contributed by atoms with van der Waals surface area (Å²) >= 11 is 6.43. The van der Waals surface area contributed by atoms with Crippen LogP contribution in [0.15, 0.2) is 18.2 Å². The standard InChI is InChI=1S/C18H25ClN2O2/c1-12(2)17(23)20(5)10-9-18(4)11-21(13(3)22)15-8-6-7-14(19)16(15)18/h6-8,12H,9-11H2,1-5H3. The lowest BCUT2D eigenvalue weighted by Gasteiger charge is -2.29. The maximum atomic E-state index is 12.1. The van der Waals surface area contributed by atoms with E-state index in [9.17, 15) is 9.59 Å². The van der Waals surface area contributed by atoms with Gasteiger partial charge >= 0.3 is 0 Å². The highest BCUT2D eigenvalue weighted by molar-refractivity contribution is 6.32. The van der Waals surface area contributed by atoms with Gasteiger partial charge in [-0.05, 0) is 18.6 Å². The van der Waals surface area contributed by atoms with Crippen molar-refractivity contribution in [2.75, 3.05) is 25.0 Å². The largest absolute Gasteiger partial charge is 0.346 e. The second kappa shape index (κ2) is 6.52. The Morgan fingerprint density at radius 2 is 2.04 bits per heavy atom. The third-order valence-electron chi connectivity index (χ3n) is 4.64. The fourth-order valence-electron chi connectivity index (χ4n) is 3.30. The fourth-order valence-corrected chi connectivity index (χ4v) is 3.70. The van der Waals surface area contributed by atoms with Crippen LogP contribution in [0, 0.1) is 5.92 Å². The van der Waals surface area contributed by atoms with Gasteiger partial charge in [0.25, 0.3) is 0 Å². The molecule has 1 heterocycles. The second-order valence-electron chi connectivity index (χ2n) is 6.96. The summed E-state index contributed by atoms with van der Waals surface area (Å²) in [4.78, 5) is 27.6. The van der Waals surface area contributed by atoms with Crippen LogP contribution in [0.25, 0.3) is 0 Å².